The second-order valence-corrected chi connectivity index (χ2v) is 5.57. The highest BCUT2D eigenvalue weighted by atomic mass is 16.5. The minimum absolute atomic E-state index is 0.683. The number of nitrogens with one attached hydrogen (secondary N) is 1. The maximum absolute atomic E-state index is 5.26. The number of rotatable bonds is 5. The maximum Gasteiger partial charge on any atom is 0.168 e. The van der Waals surface area contributed by atoms with Crippen LogP contribution in [0.4, 0.5) is 11.5 Å². The van der Waals surface area contributed by atoms with Crippen molar-refractivity contribution in [2.45, 2.75) is 0 Å². The van der Waals surface area contributed by atoms with Crippen molar-refractivity contribution in [1.29, 1.82) is 0 Å². The molecule has 0 aliphatic rings. The first-order chi connectivity index (χ1) is 12.8. The van der Waals surface area contributed by atoms with E-state index in [4.69, 9.17) is 9.47 Å². The van der Waals surface area contributed by atoms with Crippen LogP contribution in [0.3, 0.4) is 0 Å². The Morgan fingerprint density at radius 2 is 1.73 bits per heavy atom. The molecule has 2 heterocycles. The van der Waals surface area contributed by atoms with Crippen LogP contribution in [-0.4, -0.2) is 34.0 Å². The van der Waals surface area contributed by atoms with Crippen LogP contribution < -0.4 is 14.8 Å². The number of methoxy groups -OCH3 is 2. The lowest BCUT2D eigenvalue weighted by Gasteiger charge is -2.08. The van der Waals surface area contributed by atoms with Crippen molar-refractivity contribution >= 4 is 22.5 Å². The molecule has 7 nitrogen and oxygen atoms in total. The van der Waals surface area contributed by atoms with Gasteiger partial charge in [-0.3, -0.25) is 0 Å². The van der Waals surface area contributed by atoms with E-state index in [0.717, 1.165) is 33.9 Å². The summed E-state index contributed by atoms with van der Waals surface area (Å²) in [7, 11) is 3.28. The van der Waals surface area contributed by atoms with Crippen LogP contribution in [-0.2, 0) is 0 Å². The summed E-state index contributed by atoms with van der Waals surface area (Å²) in [6.45, 7) is 0. The summed E-state index contributed by atoms with van der Waals surface area (Å²) >= 11 is 0. The number of benzene rings is 2. The molecule has 2 aromatic carbocycles. The first kappa shape index (κ1) is 15.9. The van der Waals surface area contributed by atoms with Gasteiger partial charge in [0.2, 0.25) is 0 Å². The normalized spacial score (nSPS) is 10.7. The number of hydrogen-bond donors (Lipinski definition) is 1. The van der Waals surface area contributed by atoms with Crippen LogP contribution >= 0.6 is 0 Å². The fourth-order valence-corrected chi connectivity index (χ4v) is 2.69. The van der Waals surface area contributed by atoms with E-state index in [1.807, 2.05) is 48.5 Å². The van der Waals surface area contributed by atoms with Gasteiger partial charge in [0.25, 0.3) is 0 Å². The molecule has 7 heteroatoms. The summed E-state index contributed by atoms with van der Waals surface area (Å²) in [6, 6.07) is 15.3. The molecule has 0 fully saturated rings. The highest BCUT2D eigenvalue weighted by Gasteiger charge is 2.11. The third-order valence-electron chi connectivity index (χ3n) is 4.02. The Hall–Kier alpha value is -3.61. The van der Waals surface area contributed by atoms with Crippen molar-refractivity contribution in [3.05, 3.63) is 61.1 Å². The molecular formula is C19H17N5O2. The monoisotopic (exact) mass is 347 g/mol. The fourth-order valence-electron chi connectivity index (χ4n) is 2.69. The van der Waals surface area contributed by atoms with Gasteiger partial charge >= 0.3 is 0 Å². The van der Waals surface area contributed by atoms with Crippen molar-refractivity contribution in [1.82, 2.24) is 19.7 Å². The number of hydrogen-bond acceptors (Lipinski definition) is 6. The van der Waals surface area contributed by atoms with Crippen molar-refractivity contribution in [3.63, 3.8) is 0 Å². The Kier molecular flexibility index (Phi) is 4.10. The van der Waals surface area contributed by atoms with Gasteiger partial charge in [0, 0.05) is 11.8 Å². The summed E-state index contributed by atoms with van der Waals surface area (Å²) < 4.78 is 12.2. The lowest BCUT2D eigenvalue weighted by atomic mass is 10.3. The quantitative estimate of drug-likeness (QED) is 0.595. The third kappa shape index (κ3) is 2.90. The van der Waals surface area contributed by atoms with Crippen molar-refractivity contribution in [2.75, 3.05) is 19.5 Å². The van der Waals surface area contributed by atoms with Crippen LogP contribution in [0, 0.1) is 0 Å². The Bertz CT molecular complexity index is 1040. The number of ether oxygens (including phenoxy) is 2. The summed E-state index contributed by atoms with van der Waals surface area (Å²) in [5.41, 5.74) is 2.49. The van der Waals surface area contributed by atoms with E-state index in [1.165, 1.54) is 6.33 Å². The SMILES string of the molecule is COc1ccc(-n2ncc3c(Nc4cccc(OC)c4)ncnc32)cc1. The first-order valence-corrected chi connectivity index (χ1v) is 8.03. The lowest BCUT2D eigenvalue weighted by molar-refractivity contribution is 0.414. The molecular weight excluding hydrogens is 330 g/mol. The van der Waals surface area contributed by atoms with Gasteiger partial charge in [0.15, 0.2) is 5.65 Å². The van der Waals surface area contributed by atoms with Crippen molar-refractivity contribution in [2.24, 2.45) is 0 Å². The van der Waals surface area contributed by atoms with E-state index >= 15 is 0 Å². The molecule has 0 unspecified atom stereocenters. The molecule has 0 spiro atoms. The smallest absolute Gasteiger partial charge is 0.168 e. The van der Waals surface area contributed by atoms with Crippen LogP contribution in [0.15, 0.2) is 61.1 Å². The molecule has 0 amide bonds. The fraction of sp³-hybridized carbons (Fsp3) is 0.105. The molecule has 0 saturated carbocycles. The molecule has 0 atom stereocenters. The van der Waals surface area contributed by atoms with E-state index in [9.17, 15) is 0 Å². The summed E-state index contributed by atoms with van der Waals surface area (Å²) in [5.74, 6) is 2.25. The summed E-state index contributed by atoms with van der Waals surface area (Å²) in [5, 5.41) is 8.59. The minimum Gasteiger partial charge on any atom is -0.497 e. The second-order valence-electron chi connectivity index (χ2n) is 5.57. The largest absolute Gasteiger partial charge is 0.497 e. The molecule has 4 rings (SSSR count). The maximum atomic E-state index is 5.26. The van der Waals surface area contributed by atoms with Gasteiger partial charge in [-0.15, -0.1) is 0 Å². The Morgan fingerprint density at radius 1 is 0.923 bits per heavy atom. The van der Waals surface area contributed by atoms with Gasteiger partial charge in [0.05, 0.1) is 31.5 Å². The zero-order chi connectivity index (χ0) is 17.9. The van der Waals surface area contributed by atoms with E-state index < -0.39 is 0 Å². The first-order valence-electron chi connectivity index (χ1n) is 8.03. The van der Waals surface area contributed by atoms with Crippen LogP contribution in [0.5, 0.6) is 11.5 Å². The second kappa shape index (κ2) is 6.72. The molecule has 2 aromatic heterocycles. The number of fused-ring (bicyclic) bond motifs is 1. The summed E-state index contributed by atoms with van der Waals surface area (Å²) in [4.78, 5) is 8.75. The van der Waals surface area contributed by atoms with Crippen LogP contribution in [0.25, 0.3) is 16.7 Å². The molecule has 130 valence electrons. The van der Waals surface area contributed by atoms with Gasteiger partial charge in [-0.05, 0) is 36.4 Å². The van der Waals surface area contributed by atoms with Crippen LogP contribution in [0.2, 0.25) is 0 Å². The number of aromatic nitrogens is 4. The molecule has 0 radical (unpaired) electrons. The highest BCUT2D eigenvalue weighted by molar-refractivity contribution is 5.89. The van der Waals surface area contributed by atoms with Crippen molar-refractivity contribution in [3.8, 4) is 17.2 Å². The lowest BCUT2D eigenvalue weighted by Crippen LogP contribution is -1.99. The molecule has 0 aliphatic carbocycles. The summed E-state index contributed by atoms with van der Waals surface area (Å²) in [6.07, 6.45) is 3.27. The van der Waals surface area contributed by atoms with E-state index in [-0.39, 0.29) is 0 Å². The van der Waals surface area contributed by atoms with E-state index in [1.54, 1.807) is 25.1 Å². The third-order valence-corrected chi connectivity index (χ3v) is 4.02. The molecule has 0 bridgehead atoms. The van der Waals surface area contributed by atoms with Crippen molar-refractivity contribution < 1.29 is 9.47 Å². The topological polar surface area (TPSA) is 74.1 Å². The average molecular weight is 347 g/mol. The Balaban J connectivity index is 1.72. The number of nitrogens with zero attached hydrogens (tertiary/aromatic N) is 4. The zero-order valence-electron chi connectivity index (χ0n) is 14.4. The van der Waals surface area contributed by atoms with Gasteiger partial charge in [-0.1, -0.05) is 6.07 Å². The molecule has 0 aliphatic heterocycles. The number of anilines is 2. The molecule has 4 aromatic rings. The molecule has 1 N–H and O–H groups in total. The standard InChI is InChI=1S/C19H17N5O2/c1-25-15-8-6-14(7-9-15)24-19-17(11-22-24)18(20-12-21-19)23-13-4-3-5-16(10-13)26-2/h3-12H,1-2H3,(H,20,21,23). The van der Waals surface area contributed by atoms with Gasteiger partial charge < -0.3 is 14.8 Å². The van der Waals surface area contributed by atoms with Gasteiger partial charge in [-0.25, -0.2) is 14.6 Å². The zero-order valence-corrected chi connectivity index (χ0v) is 14.4. The van der Waals surface area contributed by atoms with Crippen LogP contribution in [0.1, 0.15) is 0 Å². The van der Waals surface area contributed by atoms with E-state index in [0.29, 0.717) is 5.82 Å². The highest BCUT2D eigenvalue weighted by Crippen LogP contribution is 2.26. The predicted octanol–water partition coefficient (Wildman–Crippen LogP) is 3.58. The molecule has 26 heavy (non-hydrogen) atoms. The Labute approximate surface area is 150 Å². The minimum atomic E-state index is 0.683. The van der Waals surface area contributed by atoms with Gasteiger partial charge in [-0.2, -0.15) is 5.10 Å². The Morgan fingerprint density at radius 3 is 2.50 bits per heavy atom. The van der Waals surface area contributed by atoms with Gasteiger partial charge in [0.1, 0.15) is 23.6 Å². The predicted molar refractivity (Wildman–Crippen MR) is 99.5 cm³/mol. The average Bonchev–Trinajstić information content (AvgIpc) is 3.13. The molecule has 0 saturated heterocycles. The van der Waals surface area contributed by atoms with E-state index in [2.05, 4.69) is 20.4 Å².